The molecule has 0 fully saturated rings. The Morgan fingerprint density at radius 1 is 1.09 bits per heavy atom. The molecule has 1 heterocycles. The normalized spacial score (nSPS) is 11.2. The van der Waals surface area contributed by atoms with Crippen molar-refractivity contribution >= 4 is 29.1 Å². The van der Waals surface area contributed by atoms with Crippen molar-refractivity contribution in [2.24, 2.45) is 5.73 Å². The van der Waals surface area contributed by atoms with E-state index < -0.39 is 34.4 Å². The van der Waals surface area contributed by atoms with Gasteiger partial charge < -0.3 is 15.8 Å². The highest BCUT2D eigenvalue weighted by molar-refractivity contribution is 6.31. The zero-order valence-corrected chi connectivity index (χ0v) is 18.2. The number of pyridine rings is 1. The first kappa shape index (κ1) is 25.0. The number of alkyl halides is 3. The zero-order chi connectivity index (χ0) is 24.9. The van der Waals surface area contributed by atoms with Crippen molar-refractivity contribution in [3.05, 3.63) is 88.0 Å². The van der Waals surface area contributed by atoms with E-state index in [1.54, 1.807) is 6.07 Å². The van der Waals surface area contributed by atoms with E-state index >= 15 is 0 Å². The summed E-state index contributed by atoms with van der Waals surface area (Å²) in [5.74, 6) is -1.65. The van der Waals surface area contributed by atoms with Crippen molar-refractivity contribution in [2.45, 2.75) is 25.6 Å². The van der Waals surface area contributed by atoms with E-state index in [9.17, 15) is 27.2 Å². The molecule has 2 aromatic carbocycles. The Morgan fingerprint density at radius 3 is 2.53 bits per heavy atom. The van der Waals surface area contributed by atoms with Crippen molar-refractivity contribution in [1.29, 1.82) is 0 Å². The molecule has 3 rings (SSSR count). The van der Waals surface area contributed by atoms with Gasteiger partial charge in [0.2, 0.25) is 5.91 Å². The number of ether oxygens (including phenoxy) is 1. The molecule has 0 radical (unpaired) electrons. The number of hydrogen-bond acceptors (Lipinski definition) is 4. The number of carbonyl (C=O) groups excluding carboxylic acids is 2. The van der Waals surface area contributed by atoms with E-state index in [2.05, 4.69) is 10.3 Å². The summed E-state index contributed by atoms with van der Waals surface area (Å²) in [4.78, 5) is 27.1. The number of aromatic nitrogens is 1. The minimum Gasteiger partial charge on any atom is -0.489 e. The Labute approximate surface area is 196 Å². The standard InChI is InChI=1S/C23H18ClF4N3O3/c24-18-5-3-15(10-17(18)23(26,27)28)31-21(32)6-2-14-1-4-16(11-19(14)25)34-12-13-7-8-30-20(9-13)22(29)33/h1,3-5,7-11H,2,6,12H2,(H2,29,33)(H,31,32). The fourth-order valence-electron chi connectivity index (χ4n) is 2.98. The van der Waals surface area contributed by atoms with Crippen LogP contribution >= 0.6 is 11.6 Å². The second kappa shape index (κ2) is 10.5. The Morgan fingerprint density at radius 2 is 1.85 bits per heavy atom. The van der Waals surface area contributed by atoms with Gasteiger partial charge in [0, 0.05) is 24.4 Å². The quantitative estimate of drug-likeness (QED) is 0.423. The van der Waals surface area contributed by atoms with E-state index in [1.165, 1.54) is 30.5 Å². The Hall–Kier alpha value is -3.66. The predicted molar refractivity (Wildman–Crippen MR) is 117 cm³/mol. The number of carbonyl (C=O) groups is 2. The summed E-state index contributed by atoms with van der Waals surface area (Å²) in [6, 6.07) is 10.2. The maximum atomic E-state index is 14.4. The van der Waals surface area contributed by atoms with Crippen molar-refractivity contribution in [2.75, 3.05) is 5.32 Å². The summed E-state index contributed by atoms with van der Waals surface area (Å²) in [5.41, 5.74) is 4.97. The minimum absolute atomic E-state index is 0.0178. The van der Waals surface area contributed by atoms with Gasteiger partial charge in [-0.3, -0.25) is 14.6 Å². The summed E-state index contributed by atoms with van der Waals surface area (Å²) >= 11 is 5.56. The average Bonchev–Trinajstić information content (AvgIpc) is 2.77. The largest absolute Gasteiger partial charge is 0.489 e. The van der Waals surface area contributed by atoms with Crippen LogP contribution < -0.4 is 15.8 Å². The molecule has 3 N–H and O–H groups in total. The maximum absolute atomic E-state index is 14.4. The predicted octanol–water partition coefficient (Wildman–Crippen LogP) is 5.14. The lowest BCUT2D eigenvalue weighted by Crippen LogP contribution is -2.14. The van der Waals surface area contributed by atoms with Gasteiger partial charge >= 0.3 is 6.18 Å². The summed E-state index contributed by atoms with van der Waals surface area (Å²) in [6.45, 7) is 0.0466. The van der Waals surface area contributed by atoms with Crippen molar-refractivity contribution in [3.63, 3.8) is 0 Å². The van der Waals surface area contributed by atoms with Gasteiger partial charge in [0.05, 0.1) is 10.6 Å². The molecule has 34 heavy (non-hydrogen) atoms. The van der Waals surface area contributed by atoms with Gasteiger partial charge in [0.25, 0.3) is 5.91 Å². The third-order valence-electron chi connectivity index (χ3n) is 4.68. The minimum atomic E-state index is -4.66. The second-order valence-electron chi connectivity index (χ2n) is 7.20. The molecule has 0 aliphatic heterocycles. The molecule has 1 aromatic heterocycles. The molecule has 0 atom stereocenters. The first-order chi connectivity index (χ1) is 16.0. The van der Waals surface area contributed by atoms with Gasteiger partial charge in [-0.1, -0.05) is 17.7 Å². The van der Waals surface area contributed by atoms with Gasteiger partial charge in [-0.05, 0) is 53.9 Å². The molecule has 2 amide bonds. The third kappa shape index (κ3) is 6.67. The fraction of sp³-hybridized carbons (Fsp3) is 0.174. The van der Waals surface area contributed by atoms with Crippen LogP contribution in [0.4, 0.5) is 23.2 Å². The molecular weight excluding hydrogens is 478 g/mol. The fourth-order valence-corrected chi connectivity index (χ4v) is 3.20. The molecule has 0 aliphatic carbocycles. The van der Waals surface area contributed by atoms with Crippen LogP contribution in [0, 0.1) is 5.82 Å². The molecule has 11 heteroatoms. The number of halogens is 5. The monoisotopic (exact) mass is 495 g/mol. The van der Waals surface area contributed by atoms with Crippen molar-refractivity contribution in [3.8, 4) is 5.75 Å². The highest BCUT2D eigenvalue weighted by Gasteiger charge is 2.33. The van der Waals surface area contributed by atoms with E-state index in [0.717, 1.165) is 18.2 Å². The summed E-state index contributed by atoms with van der Waals surface area (Å²) < 4.78 is 58.8. The zero-order valence-electron chi connectivity index (χ0n) is 17.5. The maximum Gasteiger partial charge on any atom is 0.417 e. The number of primary amides is 1. The molecule has 0 saturated carbocycles. The van der Waals surface area contributed by atoms with Gasteiger partial charge in [0.15, 0.2) is 0 Å². The van der Waals surface area contributed by atoms with E-state index in [-0.39, 0.29) is 42.1 Å². The third-order valence-corrected chi connectivity index (χ3v) is 5.01. The van der Waals surface area contributed by atoms with E-state index in [0.29, 0.717) is 5.56 Å². The lowest BCUT2D eigenvalue weighted by molar-refractivity contribution is -0.137. The summed E-state index contributed by atoms with van der Waals surface area (Å²) in [7, 11) is 0. The number of nitrogens with one attached hydrogen (secondary N) is 1. The number of rotatable bonds is 8. The van der Waals surface area contributed by atoms with Crippen LogP contribution in [0.25, 0.3) is 0 Å². The number of nitrogens with two attached hydrogens (primary N) is 1. The molecule has 0 aliphatic rings. The number of hydrogen-bond donors (Lipinski definition) is 2. The van der Waals surface area contributed by atoms with Crippen molar-refractivity contribution < 1.29 is 31.9 Å². The highest BCUT2D eigenvalue weighted by atomic mass is 35.5. The molecule has 178 valence electrons. The Bertz CT molecular complexity index is 1220. The van der Waals surface area contributed by atoms with E-state index in [1.807, 2.05) is 0 Å². The van der Waals surface area contributed by atoms with Gasteiger partial charge in [-0.2, -0.15) is 13.2 Å². The first-order valence-electron chi connectivity index (χ1n) is 9.85. The van der Waals surface area contributed by atoms with Crippen LogP contribution in [0.3, 0.4) is 0 Å². The van der Waals surface area contributed by atoms with Crippen LogP contribution in [0.1, 0.15) is 33.6 Å². The lowest BCUT2D eigenvalue weighted by Gasteiger charge is -2.12. The van der Waals surface area contributed by atoms with Crippen LogP contribution in [0.15, 0.2) is 54.7 Å². The molecule has 3 aromatic rings. The number of nitrogens with zero attached hydrogens (tertiary/aromatic N) is 1. The molecule has 6 nitrogen and oxygen atoms in total. The van der Waals surface area contributed by atoms with Gasteiger partial charge in [-0.15, -0.1) is 0 Å². The van der Waals surface area contributed by atoms with Crippen molar-refractivity contribution in [1.82, 2.24) is 4.98 Å². The molecular formula is C23H18ClF4N3O3. The second-order valence-corrected chi connectivity index (χ2v) is 7.60. The van der Waals surface area contributed by atoms with E-state index in [4.69, 9.17) is 22.1 Å². The first-order valence-corrected chi connectivity index (χ1v) is 10.2. The summed E-state index contributed by atoms with van der Waals surface area (Å²) in [6.07, 6.45) is -3.40. The SMILES string of the molecule is NC(=O)c1cc(COc2ccc(CCC(=O)Nc3ccc(Cl)c(C(F)(F)F)c3)c(F)c2)ccn1. The Kier molecular flexibility index (Phi) is 7.72. The molecule has 0 saturated heterocycles. The molecule has 0 spiro atoms. The molecule has 0 unspecified atom stereocenters. The Balaban J connectivity index is 1.56. The van der Waals surface area contributed by atoms with Gasteiger partial charge in [-0.25, -0.2) is 4.39 Å². The smallest absolute Gasteiger partial charge is 0.417 e. The van der Waals surface area contributed by atoms with Crippen LogP contribution in [0.5, 0.6) is 5.75 Å². The van der Waals surface area contributed by atoms with Crippen LogP contribution in [-0.4, -0.2) is 16.8 Å². The lowest BCUT2D eigenvalue weighted by atomic mass is 10.1. The topological polar surface area (TPSA) is 94.3 Å². The van der Waals surface area contributed by atoms with Crippen LogP contribution in [0.2, 0.25) is 5.02 Å². The average molecular weight is 496 g/mol. The summed E-state index contributed by atoms with van der Waals surface area (Å²) in [5, 5.41) is 1.87. The number of anilines is 1. The number of benzene rings is 2. The number of aryl methyl sites for hydroxylation is 1. The van der Waals surface area contributed by atoms with Gasteiger partial charge in [0.1, 0.15) is 23.9 Å². The highest BCUT2D eigenvalue weighted by Crippen LogP contribution is 2.36. The van der Waals surface area contributed by atoms with Crippen LogP contribution in [-0.2, 0) is 24.0 Å². The molecule has 0 bridgehead atoms. The number of amides is 2.